The van der Waals surface area contributed by atoms with Crippen LogP contribution in [0.25, 0.3) is 21.8 Å². The van der Waals surface area contributed by atoms with Crippen LogP contribution in [0, 0.1) is 6.92 Å². The molecule has 1 aromatic carbocycles. The maximum atomic E-state index is 12.3. The molecule has 4 rings (SSSR count). The van der Waals surface area contributed by atoms with E-state index in [4.69, 9.17) is 4.74 Å². The van der Waals surface area contributed by atoms with Crippen LogP contribution in [0.1, 0.15) is 32.9 Å². The van der Waals surface area contributed by atoms with Gasteiger partial charge in [0.25, 0.3) is 0 Å². The van der Waals surface area contributed by atoms with Gasteiger partial charge in [0.1, 0.15) is 5.60 Å². The molecule has 0 spiro atoms. The van der Waals surface area contributed by atoms with E-state index in [1.54, 1.807) is 17.0 Å². The number of benzene rings is 1. The number of hydrogen-bond donors (Lipinski definition) is 1. The van der Waals surface area contributed by atoms with Gasteiger partial charge in [-0.3, -0.25) is 9.69 Å². The van der Waals surface area contributed by atoms with E-state index in [0.29, 0.717) is 13.1 Å². The van der Waals surface area contributed by atoms with Crippen molar-refractivity contribution in [3.05, 3.63) is 46.4 Å². The molecule has 1 aliphatic heterocycles. The third-order valence-corrected chi connectivity index (χ3v) is 5.86. The molecule has 1 N–H and O–H groups in total. The topological polar surface area (TPSA) is 70.6 Å². The van der Waals surface area contributed by atoms with E-state index in [1.807, 2.05) is 33.0 Å². The number of H-pyrrole nitrogens is 1. The van der Waals surface area contributed by atoms with Crippen molar-refractivity contribution in [2.75, 3.05) is 32.7 Å². The zero-order valence-corrected chi connectivity index (χ0v) is 18.9. The quantitative estimate of drug-likeness (QED) is 0.693. The first-order valence-corrected chi connectivity index (χ1v) is 11.0. The van der Waals surface area contributed by atoms with Crippen LogP contribution >= 0.6 is 0 Å². The largest absolute Gasteiger partial charge is 0.444 e. The lowest BCUT2D eigenvalue weighted by Gasteiger charge is -2.35. The third kappa shape index (κ3) is 4.61. The number of piperazine rings is 1. The van der Waals surface area contributed by atoms with Crippen molar-refractivity contribution < 1.29 is 9.53 Å². The van der Waals surface area contributed by atoms with E-state index >= 15 is 0 Å². The molecule has 7 nitrogen and oxygen atoms in total. The van der Waals surface area contributed by atoms with Crippen LogP contribution in [0.4, 0.5) is 4.79 Å². The van der Waals surface area contributed by atoms with E-state index < -0.39 is 5.60 Å². The number of amides is 1. The van der Waals surface area contributed by atoms with Gasteiger partial charge in [-0.15, -0.1) is 0 Å². The second-order valence-electron chi connectivity index (χ2n) is 9.36. The summed E-state index contributed by atoms with van der Waals surface area (Å²) in [4.78, 5) is 31.8. The Hall–Kier alpha value is -2.80. The predicted octanol–water partition coefficient (Wildman–Crippen LogP) is 3.73. The number of aromatic nitrogens is 2. The number of carbonyl (C=O) groups is 1. The predicted molar refractivity (Wildman–Crippen MR) is 124 cm³/mol. The first-order chi connectivity index (χ1) is 14.7. The third-order valence-electron chi connectivity index (χ3n) is 5.86. The Morgan fingerprint density at radius 1 is 1.06 bits per heavy atom. The minimum absolute atomic E-state index is 0.0384. The maximum absolute atomic E-state index is 12.3. The fourth-order valence-corrected chi connectivity index (χ4v) is 4.41. The van der Waals surface area contributed by atoms with Crippen LogP contribution in [0.2, 0.25) is 0 Å². The fourth-order valence-electron chi connectivity index (χ4n) is 4.41. The Kier molecular flexibility index (Phi) is 5.79. The molecule has 0 bridgehead atoms. The molecule has 1 aliphatic rings. The lowest BCUT2D eigenvalue weighted by molar-refractivity contribution is 0.0144. The van der Waals surface area contributed by atoms with Crippen LogP contribution < -0.4 is 5.43 Å². The fraction of sp³-hybridized carbons (Fsp3) is 0.500. The molecule has 0 atom stereocenters. The summed E-state index contributed by atoms with van der Waals surface area (Å²) in [6, 6.07) is 7.41. The molecule has 1 fully saturated rings. The lowest BCUT2D eigenvalue weighted by Crippen LogP contribution is -2.50. The zero-order valence-electron chi connectivity index (χ0n) is 18.9. The summed E-state index contributed by atoms with van der Waals surface area (Å²) in [6.45, 7) is 12.6. The molecule has 166 valence electrons. The molecular formula is C24H32N4O3. The summed E-state index contributed by atoms with van der Waals surface area (Å²) in [5.74, 6) is 0. The first kappa shape index (κ1) is 21.4. The molecule has 3 aromatic rings. The normalized spacial score (nSPS) is 15.7. The van der Waals surface area contributed by atoms with Crippen LogP contribution in [0.3, 0.4) is 0 Å². The van der Waals surface area contributed by atoms with Gasteiger partial charge in [-0.25, -0.2) is 4.79 Å². The number of rotatable bonds is 4. The van der Waals surface area contributed by atoms with Crippen molar-refractivity contribution in [3.63, 3.8) is 0 Å². The van der Waals surface area contributed by atoms with Crippen molar-refractivity contribution in [1.29, 1.82) is 0 Å². The van der Waals surface area contributed by atoms with Crippen molar-refractivity contribution in [2.45, 2.75) is 46.3 Å². The van der Waals surface area contributed by atoms with Gasteiger partial charge in [0.15, 0.2) is 5.43 Å². The maximum Gasteiger partial charge on any atom is 0.410 e. The molecule has 2 aromatic heterocycles. The van der Waals surface area contributed by atoms with Crippen molar-refractivity contribution in [1.82, 2.24) is 19.4 Å². The standard InChI is InChI=1S/C24H32N4O3/c1-17-22-20(8-9-25-17)19-7-6-18(29)16-21(19)28(22)11-5-10-26-12-14-27(15-13-26)23(30)31-24(2,3)4/h6-9,16,25H,5,10-15H2,1-4H3. The Morgan fingerprint density at radius 2 is 1.81 bits per heavy atom. The van der Waals surface area contributed by atoms with Gasteiger partial charge in [0.2, 0.25) is 0 Å². The van der Waals surface area contributed by atoms with E-state index in [-0.39, 0.29) is 11.5 Å². The minimum atomic E-state index is -0.462. The highest BCUT2D eigenvalue weighted by atomic mass is 16.6. The number of hydrogen-bond acceptors (Lipinski definition) is 4. The number of aromatic amines is 1. The summed E-state index contributed by atoms with van der Waals surface area (Å²) in [7, 11) is 0. The average Bonchev–Trinajstić information content (AvgIpc) is 3.01. The highest BCUT2D eigenvalue weighted by molar-refractivity contribution is 6.08. The van der Waals surface area contributed by atoms with Crippen LogP contribution in [-0.4, -0.2) is 63.8 Å². The van der Waals surface area contributed by atoms with Gasteiger partial charge < -0.3 is 19.2 Å². The molecule has 0 unspecified atom stereocenters. The molecular weight excluding hydrogens is 392 g/mol. The SMILES string of the molecule is Cc1[nH]ccc2c3ccc(=O)cc3n(CCCN3CCN(C(=O)OC(C)(C)C)CC3)c12. The smallest absolute Gasteiger partial charge is 0.410 e. The number of ether oxygens (including phenoxy) is 1. The van der Waals surface area contributed by atoms with E-state index in [2.05, 4.69) is 27.4 Å². The highest BCUT2D eigenvalue weighted by Crippen LogP contribution is 2.29. The number of nitrogens with one attached hydrogen (secondary N) is 1. The molecule has 1 amide bonds. The minimum Gasteiger partial charge on any atom is -0.444 e. The van der Waals surface area contributed by atoms with Crippen LogP contribution in [0.15, 0.2) is 35.3 Å². The summed E-state index contributed by atoms with van der Waals surface area (Å²) in [5, 5.41) is 2.30. The Morgan fingerprint density at radius 3 is 2.52 bits per heavy atom. The monoisotopic (exact) mass is 424 g/mol. The van der Waals surface area contributed by atoms with Crippen LogP contribution in [0.5, 0.6) is 0 Å². The first-order valence-electron chi connectivity index (χ1n) is 11.0. The molecule has 0 saturated carbocycles. The average molecular weight is 425 g/mol. The van der Waals surface area contributed by atoms with Gasteiger partial charge in [-0.05, 0) is 58.9 Å². The van der Waals surface area contributed by atoms with E-state index in [1.165, 1.54) is 5.39 Å². The molecule has 0 radical (unpaired) electrons. The zero-order chi connectivity index (χ0) is 22.2. The van der Waals surface area contributed by atoms with Gasteiger partial charge in [0, 0.05) is 61.5 Å². The van der Waals surface area contributed by atoms with E-state index in [0.717, 1.165) is 54.7 Å². The number of carbonyl (C=O) groups excluding carboxylic acids is 1. The summed E-state index contributed by atoms with van der Waals surface area (Å²) >= 11 is 0. The number of nitrogens with zero attached hydrogens (tertiary/aromatic N) is 3. The van der Waals surface area contributed by atoms with Crippen molar-refractivity contribution in [2.24, 2.45) is 0 Å². The number of fused-ring (bicyclic) bond motifs is 3. The Labute approximate surface area is 182 Å². The van der Waals surface area contributed by atoms with Gasteiger partial charge >= 0.3 is 6.09 Å². The summed E-state index contributed by atoms with van der Waals surface area (Å²) in [6.07, 6.45) is 2.71. The van der Waals surface area contributed by atoms with Crippen molar-refractivity contribution >= 4 is 27.9 Å². The molecule has 31 heavy (non-hydrogen) atoms. The number of aryl methyl sites for hydroxylation is 2. The van der Waals surface area contributed by atoms with Gasteiger partial charge in [-0.1, -0.05) is 0 Å². The molecule has 7 heteroatoms. The second-order valence-corrected chi connectivity index (χ2v) is 9.36. The lowest BCUT2D eigenvalue weighted by atomic mass is 10.2. The van der Waals surface area contributed by atoms with E-state index in [9.17, 15) is 9.59 Å². The van der Waals surface area contributed by atoms with Gasteiger partial charge in [0.05, 0.1) is 11.0 Å². The van der Waals surface area contributed by atoms with Crippen molar-refractivity contribution in [3.8, 4) is 0 Å². The Balaban J connectivity index is 1.41. The molecule has 3 heterocycles. The molecule has 1 saturated heterocycles. The second kappa shape index (κ2) is 8.38. The van der Waals surface area contributed by atoms with Gasteiger partial charge in [-0.2, -0.15) is 0 Å². The number of pyridine rings is 1. The van der Waals surface area contributed by atoms with Crippen LogP contribution in [-0.2, 0) is 11.3 Å². The highest BCUT2D eigenvalue weighted by Gasteiger charge is 2.25. The summed E-state index contributed by atoms with van der Waals surface area (Å²) < 4.78 is 7.75. The Bertz CT molecular complexity index is 1150. The molecule has 0 aliphatic carbocycles. The summed E-state index contributed by atoms with van der Waals surface area (Å²) in [5.41, 5.74) is 2.84.